The monoisotopic (exact) mass is 401 g/mol. The lowest BCUT2D eigenvalue weighted by molar-refractivity contribution is -0.137. The molecule has 3 amide bonds. The highest BCUT2D eigenvalue weighted by Gasteiger charge is 2.37. The number of anilines is 1. The Balaban J connectivity index is 1.37. The molecule has 8 heteroatoms. The first kappa shape index (κ1) is 19.5. The van der Waals surface area contributed by atoms with Crippen LogP contribution < -0.4 is 19.7 Å². The van der Waals surface area contributed by atoms with Gasteiger partial charge in [-0.15, -0.1) is 0 Å². The molecule has 2 saturated heterocycles. The number of nitrogens with one attached hydrogen (secondary N) is 1. The van der Waals surface area contributed by atoms with Crippen molar-refractivity contribution in [1.82, 2.24) is 10.2 Å². The number of carbonyl (C=O) groups excluding carboxylic acids is 3. The van der Waals surface area contributed by atoms with Gasteiger partial charge in [0.1, 0.15) is 19.3 Å². The van der Waals surface area contributed by atoms with Crippen LogP contribution in [0.4, 0.5) is 5.69 Å². The minimum atomic E-state index is -0.584. The summed E-state index contributed by atoms with van der Waals surface area (Å²) in [5.41, 5.74) is 0.687. The van der Waals surface area contributed by atoms with E-state index in [0.29, 0.717) is 30.4 Å². The van der Waals surface area contributed by atoms with Crippen LogP contribution >= 0.6 is 0 Å². The zero-order valence-corrected chi connectivity index (χ0v) is 16.7. The average molecular weight is 401 g/mol. The van der Waals surface area contributed by atoms with Gasteiger partial charge in [0.25, 0.3) is 0 Å². The van der Waals surface area contributed by atoms with E-state index >= 15 is 0 Å². The van der Waals surface area contributed by atoms with Crippen LogP contribution in [0.15, 0.2) is 18.2 Å². The molecule has 0 saturated carbocycles. The van der Waals surface area contributed by atoms with Gasteiger partial charge in [-0.1, -0.05) is 0 Å². The Labute approximate surface area is 170 Å². The fraction of sp³-hybridized carbons (Fsp3) is 0.571. The molecule has 29 heavy (non-hydrogen) atoms. The van der Waals surface area contributed by atoms with Crippen LogP contribution in [0.25, 0.3) is 0 Å². The number of benzene rings is 1. The van der Waals surface area contributed by atoms with Gasteiger partial charge < -0.3 is 24.6 Å². The first-order chi connectivity index (χ1) is 14.0. The largest absolute Gasteiger partial charge is 0.486 e. The number of carbonyl (C=O) groups is 3. The number of piperidine rings is 1. The molecule has 1 N–H and O–H groups in total. The fourth-order valence-electron chi connectivity index (χ4n) is 4.11. The minimum Gasteiger partial charge on any atom is -0.486 e. The van der Waals surface area contributed by atoms with E-state index in [4.69, 9.17) is 9.47 Å². The van der Waals surface area contributed by atoms with Crippen LogP contribution in [-0.4, -0.2) is 61.5 Å². The van der Waals surface area contributed by atoms with Crippen molar-refractivity contribution in [3.05, 3.63) is 18.2 Å². The van der Waals surface area contributed by atoms with Crippen LogP contribution in [0.5, 0.6) is 11.5 Å². The average Bonchev–Trinajstić information content (AvgIpc) is 3.15. The van der Waals surface area contributed by atoms with E-state index in [1.165, 1.54) is 0 Å². The third-order valence-electron chi connectivity index (χ3n) is 5.73. The zero-order chi connectivity index (χ0) is 20.4. The standard InChI is InChI=1S/C21H27N3O5/c1-14(21(27)23-7-3-2-4-8-23)22-20(26)15-11-19(25)24(13-15)16-5-6-17-18(12-16)29-10-9-28-17/h5-6,12,14-15H,2-4,7-11,13H2,1H3,(H,22,26)/t14-,15+/m0/s1. The summed E-state index contributed by atoms with van der Waals surface area (Å²) in [6.45, 7) is 4.47. The van der Waals surface area contributed by atoms with Crippen molar-refractivity contribution in [2.45, 2.75) is 38.6 Å². The number of hydrogen-bond acceptors (Lipinski definition) is 5. The summed E-state index contributed by atoms with van der Waals surface area (Å²) < 4.78 is 11.1. The number of hydrogen-bond donors (Lipinski definition) is 1. The summed E-state index contributed by atoms with van der Waals surface area (Å²) in [5.74, 6) is 0.368. The summed E-state index contributed by atoms with van der Waals surface area (Å²) in [7, 11) is 0. The maximum absolute atomic E-state index is 12.7. The molecular formula is C21H27N3O5. The maximum atomic E-state index is 12.7. The smallest absolute Gasteiger partial charge is 0.244 e. The second-order valence-electron chi connectivity index (χ2n) is 7.85. The zero-order valence-electron chi connectivity index (χ0n) is 16.7. The van der Waals surface area contributed by atoms with Gasteiger partial charge in [-0.05, 0) is 38.3 Å². The van der Waals surface area contributed by atoms with Gasteiger partial charge in [0, 0.05) is 37.8 Å². The quantitative estimate of drug-likeness (QED) is 0.822. The number of nitrogens with zero attached hydrogens (tertiary/aromatic N) is 2. The Kier molecular flexibility index (Phi) is 5.60. The number of rotatable bonds is 4. The van der Waals surface area contributed by atoms with Crippen molar-refractivity contribution >= 4 is 23.4 Å². The molecule has 0 radical (unpaired) electrons. The third-order valence-corrected chi connectivity index (χ3v) is 5.73. The molecule has 0 unspecified atom stereocenters. The van der Waals surface area contributed by atoms with Crippen LogP contribution in [0.1, 0.15) is 32.6 Å². The van der Waals surface area contributed by atoms with Crippen LogP contribution in [0.3, 0.4) is 0 Å². The predicted octanol–water partition coefficient (Wildman–Crippen LogP) is 1.33. The van der Waals surface area contributed by atoms with Crippen LogP contribution in [-0.2, 0) is 14.4 Å². The van der Waals surface area contributed by atoms with Gasteiger partial charge in [-0.2, -0.15) is 0 Å². The highest BCUT2D eigenvalue weighted by molar-refractivity contribution is 6.01. The third kappa shape index (κ3) is 4.16. The van der Waals surface area contributed by atoms with E-state index in [1.54, 1.807) is 30.0 Å². The summed E-state index contributed by atoms with van der Waals surface area (Å²) >= 11 is 0. The van der Waals surface area contributed by atoms with Crippen molar-refractivity contribution in [2.24, 2.45) is 5.92 Å². The van der Waals surface area contributed by atoms with Gasteiger partial charge in [-0.3, -0.25) is 14.4 Å². The number of likely N-dealkylation sites (tertiary alicyclic amines) is 1. The summed E-state index contributed by atoms with van der Waals surface area (Å²) in [4.78, 5) is 41.2. The lowest BCUT2D eigenvalue weighted by atomic mass is 10.1. The lowest BCUT2D eigenvalue weighted by Gasteiger charge is -2.29. The second kappa shape index (κ2) is 8.31. The molecule has 8 nitrogen and oxygen atoms in total. The van der Waals surface area contributed by atoms with Crippen LogP contribution in [0.2, 0.25) is 0 Å². The van der Waals surface area contributed by atoms with Gasteiger partial charge in [0.15, 0.2) is 11.5 Å². The van der Waals surface area contributed by atoms with Crippen molar-refractivity contribution in [3.63, 3.8) is 0 Å². The molecule has 4 rings (SSSR count). The van der Waals surface area contributed by atoms with Gasteiger partial charge in [0.05, 0.1) is 5.92 Å². The molecule has 3 heterocycles. The van der Waals surface area contributed by atoms with Crippen molar-refractivity contribution < 1.29 is 23.9 Å². The van der Waals surface area contributed by atoms with E-state index in [1.807, 2.05) is 4.90 Å². The highest BCUT2D eigenvalue weighted by Crippen LogP contribution is 2.36. The van der Waals surface area contributed by atoms with Crippen LogP contribution in [0, 0.1) is 5.92 Å². The molecule has 156 valence electrons. The highest BCUT2D eigenvalue weighted by atomic mass is 16.6. The summed E-state index contributed by atoms with van der Waals surface area (Å²) in [5, 5.41) is 2.81. The molecule has 3 aliphatic heterocycles. The SMILES string of the molecule is C[C@H](NC(=O)[C@@H]1CC(=O)N(c2ccc3c(c2)OCCO3)C1)C(=O)N1CCCCC1. The first-order valence-electron chi connectivity index (χ1n) is 10.3. The number of amides is 3. The second-order valence-corrected chi connectivity index (χ2v) is 7.85. The van der Waals surface area contributed by atoms with E-state index in [0.717, 1.165) is 32.4 Å². The Morgan fingerprint density at radius 2 is 1.83 bits per heavy atom. The molecule has 1 aromatic rings. The molecular weight excluding hydrogens is 374 g/mol. The molecule has 0 aromatic heterocycles. The topological polar surface area (TPSA) is 88.2 Å². The molecule has 1 aromatic carbocycles. The van der Waals surface area contributed by atoms with Crippen molar-refractivity contribution in [3.8, 4) is 11.5 Å². The Hall–Kier alpha value is -2.77. The molecule has 2 atom stereocenters. The van der Waals surface area contributed by atoms with E-state index in [2.05, 4.69) is 5.32 Å². The Bertz CT molecular complexity index is 806. The first-order valence-corrected chi connectivity index (χ1v) is 10.3. The predicted molar refractivity (Wildman–Crippen MR) is 106 cm³/mol. The molecule has 3 aliphatic rings. The minimum absolute atomic E-state index is 0.0499. The van der Waals surface area contributed by atoms with Crippen molar-refractivity contribution in [1.29, 1.82) is 0 Å². The molecule has 0 bridgehead atoms. The van der Waals surface area contributed by atoms with Crippen molar-refractivity contribution in [2.75, 3.05) is 37.7 Å². The maximum Gasteiger partial charge on any atom is 0.244 e. The van der Waals surface area contributed by atoms with E-state index in [-0.39, 0.29) is 30.7 Å². The summed E-state index contributed by atoms with van der Waals surface area (Å²) in [6, 6.07) is 4.77. The Morgan fingerprint density at radius 3 is 2.59 bits per heavy atom. The number of fused-ring (bicyclic) bond motifs is 1. The van der Waals surface area contributed by atoms with Gasteiger partial charge in [-0.25, -0.2) is 0 Å². The molecule has 0 aliphatic carbocycles. The van der Waals surface area contributed by atoms with Gasteiger partial charge in [0.2, 0.25) is 17.7 Å². The molecule has 0 spiro atoms. The lowest BCUT2D eigenvalue weighted by Crippen LogP contribution is -2.50. The van der Waals surface area contributed by atoms with Gasteiger partial charge >= 0.3 is 0 Å². The molecule has 2 fully saturated rings. The Morgan fingerprint density at radius 1 is 1.10 bits per heavy atom. The van der Waals surface area contributed by atoms with E-state index < -0.39 is 12.0 Å². The fourth-order valence-corrected chi connectivity index (χ4v) is 4.11. The number of ether oxygens (including phenoxy) is 2. The normalized spacial score (nSPS) is 22.4. The summed E-state index contributed by atoms with van der Waals surface area (Å²) in [6.07, 6.45) is 3.29. The van der Waals surface area contributed by atoms with E-state index in [9.17, 15) is 14.4 Å².